The lowest BCUT2D eigenvalue weighted by Gasteiger charge is -2.41. The van der Waals surface area contributed by atoms with E-state index in [9.17, 15) is 4.79 Å². The third-order valence-corrected chi connectivity index (χ3v) is 9.11. The lowest BCUT2D eigenvalue weighted by atomic mass is 9.77. The van der Waals surface area contributed by atoms with E-state index in [1.54, 1.807) is 12.4 Å². The maximum Gasteiger partial charge on any atom is 0.228 e. The molecule has 3 heterocycles. The molecule has 2 aliphatic heterocycles. The lowest BCUT2D eigenvalue weighted by molar-refractivity contribution is -0.139. The van der Waals surface area contributed by atoms with Gasteiger partial charge in [0.05, 0.1) is 12.0 Å². The van der Waals surface area contributed by atoms with Crippen molar-refractivity contribution in [2.75, 3.05) is 31.9 Å². The third-order valence-electron chi connectivity index (χ3n) is 9.11. The van der Waals surface area contributed by atoms with Crippen molar-refractivity contribution in [3.8, 4) is 11.1 Å². The molecule has 7 rings (SSSR count). The summed E-state index contributed by atoms with van der Waals surface area (Å²) in [7, 11) is 0. The Balaban J connectivity index is 1.22. The maximum atomic E-state index is 14.3. The minimum atomic E-state index is -0.0964. The van der Waals surface area contributed by atoms with Crippen LogP contribution >= 0.6 is 0 Å². The van der Waals surface area contributed by atoms with Crippen LogP contribution < -0.4 is 5.73 Å². The first-order valence-corrected chi connectivity index (χ1v) is 14.0. The van der Waals surface area contributed by atoms with Crippen LogP contribution in [-0.2, 0) is 11.2 Å². The number of nitrogens with two attached hydrogens (primary N) is 1. The van der Waals surface area contributed by atoms with E-state index in [-0.39, 0.29) is 23.8 Å². The van der Waals surface area contributed by atoms with Crippen molar-refractivity contribution in [2.24, 2.45) is 11.8 Å². The first-order chi connectivity index (χ1) is 18.2. The molecule has 3 atom stereocenters. The fraction of sp³-hybridized carbons (Fsp3) is 0.452. The van der Waals surface area contributed by atoms with Gasteiger partial charge in [0.15, 0.2) is 5.82 Å². The summed E-state index contributed by atoms with van der Waals surface area (Å²) in [5.74, 6) is 1.87. The molecule has 6 nitrogen and oxygen atoms in total. The summed E-state index contributed by atoms with van der Waals surface area (Å²) in [6.45, 7) is 3.75. The molecule has 0 unspecified atom stereocenters. The van der Waals surface area contributed by atoms with Crippen LogP contribution in [0.4, 0.5) is 5.69 Å². The van der Waals surface area contributed by atoms with Gasteiger partial charge in [-0.1, -0.05) is 36.4 Å². The smallest absolute Gasteiger partial charge is 0.228 e. The van der Waals surface area contributed by atoms with E-state index in [0.29, 0.717) is 0 Å². The second-order valence-electron chi connectivity index (χ2n) is 11.4. The Kier molecular flexibility index (Phi) is 5.73. The molecule has 0 radical (unpaired) electrons. The number of piperidine rings is 1. The van der Waals surface area contributed by atoms with E-state index in [1.807, 2.05) is 6.07 Å². The van der Waals surface area contributed by atoms with Gasteiger partial charge in [0.2, 0.25) is 5.91 Å². The monoisotopic (exact) mass is 493 g/mol. The van der Waals surface area contributed by atoms with Crippen molar-refractivity contribution in [3.05, 3.63) is 77.4 Å². The molecule has 0 spiro atoms. The number of fused-ring (bicyclic) bond motifs is 3. The number of nitrogen functional groups attached to an aromatic ring is 1. The molecule has 0 bridgehead atoms. The largest absolute Gasteiger partial charge is 0.398 e. The highest BCUT2D eigenvalue weighted by Crippen LogP contribution is 2.46. The van der Waals surface area contributed by atoms with Crippen LogP contribution in [0.3, 0.4) is 0 Å². The minimum Gasteiger partial charge on any atom is -0.398 e. The Morgan fingerprint density at radius 3 is 2.62 bits per heavy atom. The molecular weight excluding hydrogens is 458 g/mol. The predicted octanol–water partition coefficient (Wildman–Crippen LogP) is 4.81. The number of amides is 1. The van der Waals surface area contributed by atoms with Gasteiger partial charge in [-0.2, -0.15) is 0 Å². The Morgan fingerprint density at radius 2 is 1.78 bits per heavy atom. The van der Waals surface area contributed by atoms with Crippen molar-refractivity contribution in [1.29, 1.82) is 0 Å². The fourth-order valence-electron chi connectivity index (χ4n) is 7.04. The average Bonchev–Trinajstić information content (AvgIpc) is 3.46. The van der Waals surface area contributed by atoms with Gasteiger partial charge in [0.25, 0.3) is 0 Å². The highest BCUT2D eigenvalue weighted by Gasteiger charge is 2.43. The molecule has 6 heteroatoms. The van der Waals surface area contributed by atoms with E-state index in [2.05, 4.69) is 56.2 Å². The van der Waals surface area contributed by atoms with Gasteiger partial charge < -0.3 is 15.5 Å². The lowest BCUT2D eigenvalue weighted by Crippen LogP contribution is -2.48. The number of benzene rings is 2. The second kappa shape index (κ2) is 9.25. The Morgan fingerprint density at radius 1 is 0.946 bits per heavy atom. The molecule has 2 aromatic carbocycles. The van der Waals surface area contributed by atoms with Gasteiger partial charge >= 0.3 is 0 Å². The number of hydrogen-bond acceptors (Lipinski definition) is 5. The minimum absolute atomic E-state index is 0.0278. The molecule has 1 amide bonds. The van der Waals surface area contributed by atoms with Crippen molar-refractivity contribution in [1.82, 2.24) is 19.8 Å². The quantitative estimate of drug-likeness (QED) is 0.404. The van der Waals surface area contributed by atoms with Crippen molar-refractivity contribution < 1.29 is 4.79 Å². The molecule has 2 aliphatic carbocycles. The number of hydrogen-bond donors (Lipinski definition) is 1. The molecule has 190 valence electrons. The van der Waals surface area contributed by atoms with Crippen LogP contribution in [0, 0.1) is 11.8 Å². The zero-order chi connectivity index (χ0) is 24.9. The maximum absolute atomic E-state index is 14.3. The van der Waals surface area contributed by atoms with Crippen LogP contribution in [0.1, 0.15) is 66.6 Å². The summed E-state index contributed by atoms with van der Waals surface area (Å²) >= 11 is 0. The highest BCUT2D eigenvalue weighted by molar-refractivity contribution is 5.85. The van der Waals surface area contributed by atoms with Gasteiger partial charge in [0, 0.05) is 44.1 Å². The van der Waals surface area contributed by atoms with Crippen molar-refractivity contribution in [2.45, 2.75) is 50.5 Å². The summed E-state index contributed by atoms with van der Waals surface area (Å²) in [5.41, 5.74) is 14.1. The summed E-state index contributed by atoms with van der Waals surface area (Å²) in [6, 6.07) is 14.9. The molecular formula is C31H35N5O. The third kappa shape index (κ3) is 4.11. The molecule has 1 aromatic heterocycles. The topological polar surface area (TPSA) is 75.3 Å². The highest BCUT2D eigenvalue weighted by atomic mass is 16.2. The zero-order valence-electron chi connectivity index (χ0n) is 21.4. The predicted molar refractivity (Wildman–Crippen MR) is 145 cm³/mol. The van der Waals surface area contributed by atoms with Crippen LogP contribution in [-0.4, -0.2) is 51.9 Å². The molecule has 1 saturated carbocycles. The molecule has 3 aromatic rings. The molecule has 2 N–H and O–H groups in total. The number of aromatic nitrogens is 2. The standard InChI is InChI=1S/C31H35N5O/c32-29-25(11-10-23-22-6-2-1-5-21(22)17-26(23)29)24-12-16-35(18-20-8-9-20)19-27(24)31(37)36-15-3-7-28(36)30-33-13-4-14-34-30/h1-2,4-6,10-11,13-14,20,24,27-28H,3,7-9,12,15-19,32H2/t24-,27-,28+/m1/s1. The number of carbonyl (C=O) groups excluding carboxylic acids is 1. The summed E-state index contributed by atoms with van der Waals surface area (Å²) in [6.07, 6.45) is 10.0. The van der Waals surface area contributed by atoms with Crippen molar-refractivity contribution >= 4 is 11.6 Å². The molecule has 4 aliphatic rings. The number of carbonyl (C=O) groups is 1. The molecule has 3 fully saturated rings. The fourth-order valence-corrected chi connectivity index (χ4v) is 7.04. The Labute approximate surface area is 218 Å². The van der Waals surface area contributed by atoms with Gasteiger partial charge in [0.1, 0.15) is 0 Å². The van der Waals surface area contributed by atoms with E-state index in [4.69, 9.17) is 5.73 Å². The van der Waals surface area contributed by atoms with Gasteiger partial charge in [-0.05, 0) is 84.4 Å². The Hall–Kier alpha value is -3.25. The number of nitrogens with zero attached hydrogens (tertiary/aromatic N) is 4. The number of anilines is 1. The number of rotatable bonds is 5. The summed E-state index contributed by atoms with van der Waals surface area (Å²) < 4.78 is 0. The van der Waals surface area contributed by atoms with E-state index in [1.165, 1.54) is 40.7 Å². The summed E-state index contributed by atoms with van der Waals surface area (Å²) in [4.78, 5) is 28.0. The first-order valence-electron chi connectivity index (χ1n) is 14.0. The SMILES string of the molecule is Nc1c([C@H]2CCN(CC3CC3)C[C@H]2C(=O)N2CCC[C@H]2c2ncccn2)ccc2c1Cc1ccccc1-2. The zero-order valence-corrected chi connectivity index (χ0v) is 21.4. The van der Waals surface area contributed by atoms with Crippen LogP contribution in [0.25, 0.3) is 11.1 Å². The second-order valence-corrected chi connectivity index (χ2v) is 11.4. The van der Waals surface area contributed by atoms with Crippen molar-refractivity contribution in [3.63, 3.8) is 0 Å². The van der Waals surface area contributed by atoms with Gasteiger partial charge in [-0.15, -0.1) is 0 Å². The molecule has 37 heavy (non-hydrogen) atoms. The molecule has 2 saturated heterocycles. The van der Waals surface area contributed by atoms with E-state index < -0.39 is 0 Å². The van der Waals surface area contributed by atoms with Gasteiger partial charge in [-0.25, -0.2) is 9.97 Å². The van der Waals surface area contributed by atoms with E-state index >= 15 is 0 Å². The first kappa shape index (κ1) is 22.9. The average molecular weight is 494 g/mol. The van der Waals surface area contributed by atoms with Crippen LogP contribution in [0.2, 0.25) is 0 Å². The Bertz CT molecular complexity index is 1320. The number of likely N-dealkylation sites (tertiary alicyclic amines) is 2. The summed E-state index contributed by atoms with van der Waals surface area (Å²) in [5, 5.41) is 0. The normalized spacial score (nSPS) is 25.2. The van der Waals surface area contributed by atoms with Gasteiger partial charge in [-0.3, -0.25) is 4.79 Å². The van der Waals surface area contributed by atoms with Crippen LogP contribution in [0.15, 0.2) is 54.9 Å². The van der Waals surface area contributed by atoms with Crippen LogP contribution in [0.5, 0.6) is 0 Å². The van der Waals surface area contributed by atoms with E-state index in [0.717, 1.165) is 69.3 Å².